The molecule has 126 valence electrons. The number of carbonyl (C=O) groups is 1. The van der Waals surface area contributed by atoms with Crippen LogP contribution >= 0.6 is 11.3 Å². The van der Waals surface area contributed by atoms with Crippen LogP contribution in [0.2, 0.25) is 0 Å². The first-order chi connectivity index (χ1) is 11.5. The fraction of sp³-hybridized carbons (Fsp3) is 0.474. The molecule has 4 rings (SSSR count). The minimum Gasteiger partial charge on any atom is -0.330 e. The minimum atomic E-state index is 0.0630. The molecule has 4 nitrogen and oxygen atoms in total. The highest BCUT2D eigenvalue weighted by Gasteiger charge is 2.54. The first kappa shape index (κ1) is 15.8. The topological polar surface area (TPSA) is 59.2 Å². The van der Waals surface area contributed by atoms with Gasteiger partial charge in [-0.3, -0.25) is 4.79 Å². The van der Waals surface area contributed by atoms with Gasteiger partial charge < -0.3 is 10.6 Å². The molecule has 1 saturated heterocycles. The van der Waals surface area contributed by atoms with Crippen molar-refractivity contribution in [3.05, 3.63) is 40.0 Å². The normalized spacial score (nSPS) is 25.0. The van der Waals surface area contributed by atoms with Gasteiger partial charge in [-0.25, -0.2) is 4.98 Å². The van der Waals surface area contributed by atoms with E-state index >= 15 is 0 Å². The minimum absolute atomic E-state index is 0.0630. The number of hydrogen-bond donors (Lipinski definition) is 1. The lowest BCUT2D eigenvalue weighted by Gasteiger charge is -2.26. The van der Waals surface area contributed by atoms with Crippen molar-refractivity contribution >= 4 is 17.2 Å². The third-order valence-corrected chi connectivity index (χ3v) is 6.44. The summed E-state index contributed by atoms with van der Waals surface area (Å²) in [5.74, 6) is 0.723. The van der Waals surface area contributed by atoms with Gasteiger partial charge in [0.05, 0.1) is 9.88 Å². The van der Waals surface area contributed by atoms with Crippen molar-refractivity contribution < 1.29 is 4.79 Å². The van der Waals surface area contributed by atoms with Crippen LogP contribution in [0.1, 0.15) is 39.5 Å². The average molecular weight is 341 g/mol. The summed E-state index contributed by atoms with van der Waals surface area (Å²) in [5, 5.41) is 0.933. The van der Waals surface area contributed by atoms with Crippen LogP contribution in [0.25, 0.3) is 10.4 Å². The summed E-state index contributed by atoms with van der Waals surface area (Å²) in [5.41, 5.74) is 10.1. The lowest BCUT2D eigenvalue weighted by molar-refractivity contribution is 0.0701. The van der Waals surface area contributed by atoms with Crippen LogP contribution < -0.4 is 5.73 Å². The summed E-state index contributed by atoms with van der Waals surface area (Å²) >= 11 is 1.60. The van der Waals surface area contributed by atoms with E-state index in [1.165, 1.54) is 11.1 Å². The van der Waals surface area contributed by atoms with Crippen LogP contribution in [0, 0.1) is 26.7 Å². The number of nitrogens with zero attached hydrogens (tertiary/aromatic N) is 2. The molecule has 1 saturated carbocycles. The maximum absolute atomic E-state index is 13.2. The largest absolute Gasteiger partial charge is 0.330 e. The van der Waals surface area contributed by atoms with Crippen LogP contribution in [0.3, 0.4) is 0 Å². The van der Waals surface area contributed by atoms with Crippen molar-refractivity contribution in [2.75, 3.05) is 6.54 Å². The molecule has 0 bridgehead atoms. The number of rotatable bonds is 3. The Bertz CT molecular complexity index is 813. The van der Waals surface area contributed by atoms with Crippen molar-refractivity contribution in [2.45, 2.75) is 45.7 Å². The van der Waals surface area contributed by atoms with E-state index in [0.29, 0.717) is 24.2 Å². The summed E-state index contributed by atoms with van der Waals surface area (Å²) in [7, 11) is 0. The number of thiazole rings is 1. The van der Waals surface area contributed by atoms with Crippen LogP contribution in [-0.2, 0) is 0 Å². The first-order valence-electron chi connectivity index (χ1n) is 8.57. The summed E-state index contributed by atoms with van der Waals surface area (Å²) in [6.45, 7) is 6.72. The van der Waals surface area contributed by atoms with E-state index in [0.717, 1.165) is 28.3 Å². The van der Waals surface area contributed by atoms with Crippen LogP contribution in [0.15, 0.2) is 18.2 Å². The Morgan fingerprint density at radius 2 is 2.08 bits per heavy atom. The Kier molecular flexibility index (Phi) is 3.73. The maximum Gasteiger partial charge on any atom is 0.274 e. The molecule has 1 aromatic carbocycles. The molecule has 0 unspecified atom stereocenters. The molecular weight excluding hydrogens is 318 g/mol. The number of piperidine rings is 1. The van der Waals surface area contributed by atoms with Gasteiger partial charge in [0.1, 0.15) is 5.69 Å². The zero-order valence-corrected chi connectivity index (χ0v) is 15.2. The Morgan fingerprint density at radius 3 is 2.79 bits per heavy atom. The number of likely N-dealkylation sites (tertiary alicyclic amines) is 1. The fourth-order valence-electron chi connectivity index (χ4n) is 3.86. The second kappa shape index (κ2) is 5.67. The molecule has 3 atom stereocenters. The van der Waals surface area contributed by atoms with Crippen molar-refractivity contribution in [2.24, 2.45) is 11.7 Å². The summed E-state index contributed by atoms with van der Waals surface area (Å²) in [6.07, 6.45) is 2.18. The highest BCUT2D eigenvalue weighted by molar-refractivity contribution is 7.15. The molecule has 1 aliphatic carbocycles. The van der Waals surface area contributed by atoms with E-state index in [1.54, 1.807) is 11.3 Å². The number of aromatic nitrogens is 1. The van der Waals surface area contributed by atoms with Gasteiger partial charge in [0.25, 0.3) is 5.91 Å². The second-order valence-corrected chi connectivity index (χ2v) is 8.31. The number of nitrogens with two attached hydrogens (primary N) is 1. The predicted molar refractivity (Wildman–Crippen MR) is 97.3 cm³/mol. The van der Waals surface area contributed by atoms with Crippen molar-refractivity contribution in [1.29, 1.82) is 0 Å². The molecule has 1 amide bonds. The quantitative estimate of drug-likeness (QED) is 0.932. The molecule has 1 aliphatic heterocycles. The molecular formula is C19H23N3OS. The highest BCUT2D eigenvalue weighted by Crippen LogP contribution is 2.48. The van der Waals surface area contributed by atoms with Gasteiger partial charge in [-0.05, 0) is 56.2 Å². The van der Waals surface area contributed by atoms with E-state index < -0.39 is 0 Å². The number of aryl methyl sites for hydroxylation is 3. The Labute approximate surface area is 146 Å². The monoisotopic (exact) mass is 341 g/mol. The molecule has 24 heavy (non-hydrogen) atoms. The van der Waals surface area contributed by atoms with Gasteiger partial charge in [0, 0.05) is 18.6 Å². The smallest absolute Gasteiger partial charge is 0.274 e. The molecule has 2 N–H and O–H groups in total. The predicted octanol–water partition coefficient (Wildman–Crippen LogP) is 3.30. The van der Waals surface area contributed by atoms with Crippen molar-refractivity contribution in [3.8, 4) is 10.4 Å². The number of carbonyl (C=O) groups excluding carboxylic acids is 1. The van der Waals surface area contributed by atoms with Crippen molar-refractivity contribution in [1.82, 2.24) is 9.88 Å². The molecule has 5 heteroatoms. The number of hydrogen-bond acceptors (Lipinski definition) is 4. The number of benzene rings is 1. The van der Waals surface area contributed by atoms with Crippen LogP contribution in [0.5, 0.6) is 0 Å². The Balaban J connectivity index is 1.73. The van der Waals surface area contributed by atoms with E-state index in [1.807, 2.05) is 11.8 Å². The van der Waals surface area contributed by atoms with Crippen LogP contribution in [-0.4, -0.2) is 34.4 Å². The molecule has 2 heterocycles. The Hall–Kier alpha value is -1.72. The molecule has 1 aromatic heterocycles. The van der Waals surface area contributed by atoms with Gasteiger partial charge in [0.2, 0.25) is 0 Å². The molecule has 2 aliphatic rings. The zero-order chi connectivity index (χ0) is 17.0. The number of amides is 1. The molecule has 0 radical (unpaired) electrons. The van der Waals surface area contributed by atoms with E-state index in [4.69, 9.17) is 5.73 Å². The van der Waals surface area contributed by atoms with Crippen LogP contribution in [0.4, 0.5) is 0 Å². The standard InChI is InChI=1S/C19H23N3OS/c1-10-4-5-13(6-11(10)2)18-17(21-12(3)24-18)19(23)22-15(9-20)7-14-8-16(14)22/h4-6,14-16H,7-9,20H2,1-3H3/t14-,15+,16+/m1/s1. The summed E-state index contributed by atoms with van der Waals surface area (Å²) < 4.78 is 0. The van der Waals surface area contributed by atoms with E-state index in [2.05, 4.69) is 37.0 Å². The van der Waals surface area contributed by atoms with E-state index in [-0.39, 0.29) is 11.9 Å². The highest BCUT2D eigenvalue weighted by atomic mass is 32.1. The Morgan fingerprint density at radius 1 is 1.29 bits per heavy atom. The molecule has 0 spiro atoms. The van der Waals surface area contributed by atoms with Gasteiger partial charge in [0.15, 0.2) is 0 Å². The van der Waals surface area contributed by atoms with Crippen molar-refractivity contribution in [3.63, 3.8) is 0 Å². The molecule has 2 fully saturated rings. The SMILES string of the molecule is Cc1nc(C(=O)N2[C@H](CN)C[C@@H]3C[C@@H]32)c(-c2ccc(C)c(C)c2)s1. The third kappa shape index (κ3) is 2.47. The average Bonchev–Trinajstić information content (AvgIpc) is 3.05. The van der Waals surface area contributed by atoms with E-state index in [9.17, 15) is 4.79 Å². The second-order valence-electron chi connectivity index (χ2n) is 7.11. The lowest BCUT2D eigenvalue weighted by Crippen LogP contribution is -2.42. The summed E-state index contributed by atoms with van der Waals surface area (Å²) in [6, 6.07) is 6.93. The molecule has 2 aromatic rings. The zero-order valence-electron chi connectivity index (χ0n) is 14.4. The maximum atomic E-state index is 13.2. The number of fused-ring (bicyclic) bond motifs is 1. The van der Waals surface area contributed by atoms with Gasteiger partial charge in [-0.2, -0.15) is 0 Å². The fourth-order valence-corrected chi connectivity index (χ4v) is 4.77. The van der Waals surface area contributed by atoms with Gasteiger partial charge >= 0.3 is 0 Å². The lowest BCUT2D eigenvalue weighted by atomic mass is 10.0. The first-order valence-corrected chi connectivity index (χ1v) is 9.39. The third-order valence-electron chi connectivity index (χ3n) is 5.42. The summed E-state index contributed by atoms with van der Waals surface area (Å²) in [4.78, 5) is 20.8. The van der Waals surface area contributed by atoms with Gasteiger partial charge in [-0.15, -0.1) is 11.3 Å². The van der Waals surface area contributed by atoms with Gasteiger partial charge in [-0.1, -0.05) is 18.2 Å².